The topological polar surface area (TPSA) is 55.1 Å². The SMILES string of the molecule is N[C@@H](CC(=O)NCc1ccc(C(F)(F)F)cc1)Cc1ccccc1F. The summed E-state index contributed by atoms with van der Waals surface area (Å²) in [5.74, 6) is -0.716. The first-order chi connectivity index (χ1) is 11.8. The van der Waals surface area contributed by atoms with Crippen molar-refractivity contribution in [3.05, 3.63) is 71.0 Å². The van der Waals surface area contributed by atoms with Gasteiger partial charge >= 0.3 is 6.18 Å². The quantitative estimate of drug-likeness (QED) is 0.781. The molecule has 0 aliphatic rings. The van der Waals surface area contributed by atoms with E-state index in [0.717, 1.165) is 12.1 Å². The van der Waals surface area contributed by atoms with Crippen molar-refractivity contribution in [2.75, 3.05) is 0 Å². The second-order valence-corrected chi connectivity index (χ2v) is 5.73. The van der Waals surface area contributed by atoms with Crippen molar-refractivity contribution in [1.82, 2.24) is 5.32 Å². The number of nitrogens with one attached hydrogen (secondary N) is 1. The Morgan fingerprint density at radius 2 is 1.72 bits per heavy atom. The summed E-state index contributed by atoms with van der Waals surface area (Å²) >= 11 is 0. The van der Waals surface area contributed by atoms with Gasteiger partial charge in [0.1, 0.15) is 5.82 Å². The van der Waals surface area contributed by atoms with Crippen LogP contribution in [0.3, 0.4) is 0 Å². The van der Waals surface area contributed by atoms with E-state index in [1.807, 2.05) is 0 Å². The number of nitrogens with two attached hydrogens (primary N) is 1. The fraction of sp³-hybridized carbons (Fsp3) is 0.278. The largest absolute Gasteiger partial charge is 0.416 e. The van der Waals surface area contributed by atoms with Gasteiger partial charge in [0, 0.05) is 19.0 Å². The van der Waals surface area contributed by atoms with Crippen LogP contribution >= 0.6 is 0 Å². The third-order valence-electron chi connectivity index (χ3n) is 3.66. The fourth-order valence-electron chi connectivity index (χ4n) is 2.34. The van der Waals surface area contributed by atoms with Crippen molar-refractivity contribution in [2.45, 2.75) is 31.6 Å². The number of carbonyl (C=O) groups is 1. The lowest BCUT2D eigenvalue weighted by atomic mass is 10.0. The molecule has 0 bridgehead atoms. The standard InChI is InChI=1S/C18H18F4N2O/c19-16-4-2-1-3-13(16)9-15(23)10-17(25)24-11-12-5-7-14(8-6-12)18(20,21)22/h1-8,15H,9-11,23H2,(H,24,25)/t15-/m1/s1. The minimum Gasteiger partial charge on any atom is -0.352 e. The monoisotopic (exact) mass is 354 g/mol. The van der Waals surface area contributed by atoms with E-state index in [1.54, 1.807) is 18.2 Å². The molecule has 0 aliphatic carbocycles. The molecule has 1 amide bonds. The van der Waals surface area contributed by atoms with Gasteiger partial charge in [0.25, 0.3) is 0 Å². The van der Waals surface area contributed by atoms with Crippen LogP contribution in [0.15, 0.2) is 48.5 Å². The van der Waals surface area contributed by atoms with Gasteiger partial charge < -0.3 is 11.1 Å². The van der Waals surface area contributed by atoms with Gasteiger partial charge in [0.2, 0.25) is 5.91 Å². The molecule has 0 saturated heterocycles. The minimum absolute atomic E-state index is 0.00499. The van der Waals surface area contributed by atoms with Crippen LogP contribution in [0.5, 0.6) is 0 Å². The first-order valence-corrected chi connectivity index (χ1v) is 7.67. The summed E-state index contributed by atoms with van der Waals surface area (Å²) in [7, 11) is 0. The van der Waals surface area contributed by atoms with Gasteiger partial charge in [-0.2, -0.15) is 13.2 Å². The zero-order chi connectivity index (χ0) is 18.4. The average Bonchev–Trinajstić information content (AvgIpc) is 2.54. The summed E-state index contributed by atoms with van der Waals surface area (Å²) in [6.07, 6.45) is -4.17. The smallest absolute Gasteiger partial charge is 0.352 e. The third-order valence-corrected chi connectivity index (χ3v) is 3.66. The molecule has 0 fully saturated rings. The van der Waals surface area contributed by atoms with Gasteiger partial charge in [-0.25, -0.2) is 4.39 Å². The van der Waals surface area contributed by atoms with Gasteiger partial charge in [-0.1, -0.05) is 30.3 Å². The zero-order valence-electron chi connectivity index (χ0n) is 13.3. The highest BCUT2D eigenvalue weighted by molar-refractivity contribution is 5.76. The zero-order valence-corrected chi connectivity index (χ0v) is 13.3. The Hall–Kier alpha value is -2.41. The third kappa shape index (κ3) is 5.86. The molecule has 7 heteroatoms. The molecule has 1 atom stereocenters. The molecule has 2 aromatic rings. The Morgan fingerprint density at radius 1 is 1.08 bits per heavy atom. The van der Waals surface area contributed by atoms with E-state index >= 15 is 0 Å². The highest BCUT2D eigenvalue weighted by atomic mass is 19.4. The number of hydrogen-bond acceptors (Lipinski definition) is 2. The van der Waals surface area contributed by atoms with Crippen LogP contribution in [0.25, 0.3) is 0 Å². The second-order valence-electron chi connectivity index (χ2n) is 5.73. The number of amides is 1. The number of halogens is 4. The normalized spacial score (nSPS) is 12.7. The lowest BCUT2D eigenvalue weighted by molar-refractivity contribution is -0.137. The first-order valence-electron chi connectivity index (χ1n) is 7.67. The summed E-state index contributed by atoms with van der Waals surface area (Å²) in [5.41, 5.74) is 6.10. The predicted octanol–water partition coefficient (Wildman–Crippen LogP) is 3.42. The van der Waals surface area contributed by atoms with Crippen molar-refractivity contribution >= 4 is 5.91 Å². The van der Waals surface area contributed by atoms with Crippen molar-refractivity contribution < 1.29 is 22.4 Å². The van der Waals surface area contributed by atoms with Crippen LogP contribution in [0.2, 0.25) is 0 Å². The molecule has 3 nitrogen and oxygen atoms in total. The van der Waals surface area contributed by atoms with E-state index < -0.39 is 17.8 Å². The molecule has 0 aliphatic heterocycles. The molecular formula is C18H18F4N2O. The second kappa shape index (κ2) is 8.11. The van der Waals surface area contributed by atoms with Gasteiger partial charge in [0.15, 0.2) is 0 Å². The van der Waals surface area contributed by atoms with E-state index in [2.05, 4.69) is 5.32 Å². The Labute approximate surface area is 142 Å². The summed E-state index contributed by atoms with van der Waals surface area (Å²) in [5, 5.41) is 2.59. The molecule has 0 saturated carbocycles. The van der Waals surface area contributed by atoms with Crippen molar-refractivity contribution in [2.24, 2.45) is 5.73 Å². The van der Waals surface area contributed by atoms with Crippen LogP contribution in [0, 0.1) is 5.82 Å². The number of carbonyl (C=O) groups excluding carboxylic acids is 1. The van der Waals surface area contributed by atoms with Crippen LogP contribution < -0.4 is 11.1 Å². The first kappa shape index (κ1) is 18.9. The maximum absolute atomic E-state index is 13.5. The number of hydrogen-bond donors (Lipinski definition) is 2. The molecule has 3 N–H and O–H groups in total. The van der Waals surface area contributed by atoms with Crippen LogP contribution in [-0.4, -0.2) is 11.9 Å². The maximum atomic E-state index is 13.5. The lowest BCUT2D eigenvalue weighted by Gasteiger charge is -2.13. The van der Waals surface area contributed by atoms with E-state index in [9.17, 15) is 22.4 Å². The van der Waals surface area contributed by atoms with Gasteiger partial charge in [-0.05, 0) is 35.7 Å². The molecule has 0 aromatic heterocycles. The average molecular weight is 354 g/mol. The maximum Gasteiger partial charge on any atom is 0.416 e. The highest BCUT2D eigenvalue weighted by Gasteiger charge is 2.29. The molecule has 0 spiro atoms. The van der Waals surface area contributed by atoms with E-state index in [4.69, 9.17) is 5.73 Å². The summed E-state index contributed by atoms with van der Waals surface area (Å²) in [4.78, 5) is 11.9. The molecular weight excluding hydrogens is 336 g/mol. The molecule has 25 heavy (non-hydrogen) atoms. The lowest BCUT2D eigenvalue weighted by Crippen LogP contribution is -2.33. The van der Waals surface area contributed by atoms with Crippen molar-refractivity contribution in [3.8, 4) is 0 Å². The number of benzene rings is 2. The van der Waals surface area contributed by atoms with Crippen LogP contribution in [-0.2, 0) is 23.9 Å². The number of rotatable bonds is 6. The van der Waals surface area contributed by atoms with E-state index in [-0.39, 0.29) is 31.1 Å². The van der Waals surface area contributed by atoms with Crippen molar-refractivity contribution in [1.29, 1.82) is 0 Å². The predicted molar refractivity (Wildman–Crippen MR) is 86.0 cm³/mol. The Morgan fingerprint density at radius 3 is 2.32 bits per heavy atom. The molecule has 134 valence electrons. The minimum atomic E-state index is -4.39. The van der Waals surface area contributed by atoms with Gasteiger partial charge in [-0.3, -0.25) is 4.79 Å². The van der Waals surface area contributed by atoms with E-state index in [1.165, 1.54) is 18.2 Å². The summed E-state index contributed by atoms with van der Waals surface area (Å²) in [6.45, 7) is 0.101. The fourth-order valence-corrected chi connectivity index (χ4v) is 2.34. The molecule has 2 rings (SSSR count). The van der Waals surface area contributed by atoms with Gasteiger partial charge in [-0.15, -0.1) is 0 Å². The Kier molecular flexibility index (Phi) is 6.14. The van der Waals surface area contributed by atoms with Crippen molar-refractivity contribution in [3.63, 3.8) is 0 Å². The Bertz CT molecular complexity index is 714. The van der Waals surface area contributed by atoms with E-state index in [0.29, 0.717) is 11.1 Å². The van der Waals surface area contributed by atoms with Gasteiger partial charge in [0.05, 0.1) is 5.56 Å². The molecule has 0 unspecified atom stereocenters. The molecule has 2 aromatic carbocycles. The highest BCUT2D eigenvalue weighted by Crippen LogP contribution is 2.29. The molecule has 0 radical (unpaired) electrons. The molecule has 0 heterocycles. The summed E-state index contributed by atoms with van der Waals surface area (Å²) < 4.78 is 51.0. The van der Waals surface area contributed by atoms with Crippen LogP contribution in [0.4, 0.5) is 17.6 Å². The summed E-state index contributed by atoms with van der Waals surface area (Å²) in [6, 6.07) is 10.2. The Balaban J connectivity index is 1.81. The number of alkyl halides is 3. The van der Waals surface area contributed by atoms with Crippen LogP contribution in [0.1, 0.15) is 23.1 Å².